The van der Waals surface area contributed by atoms with Gasteiger partial charge in [0.05, 0.1) is 5.56 Å². The highest BCUT2D eigenvalue weighted by Gasteiger charge is 2.11. The minimum absolute atomic E-state index is 0.0129. The second-order valence-electron chi connectivity index (χ2n) is 3.54. The molecule has 1 rings (SSSR count). The molecular weight excluding hydrogens is 222 g/mol. The molecule has 4 nitrogen and oxygen atoms in total. The Kier molecular flexibility index (Phi) is 5.25. The Morgan fingerprint density at radius 2 is 2.06 bits per heavy atom. The van der Waals surface area contributed by atoms with Gasteiger partial charge in [0.15, 0.2) is 5.16 Å². The van der Waals surface area contributed by atoms with E-state index in [9.17, 15) is 4.79 Å². The molecule has 0 aliphatic carbocycles. The molecule has 0 N–H and O–H groups in total. The molecule has 0 aromatic carbocycles. The smallest absolute Gasteiger partial charge is 0.256 e. The van der Waals surface area contributed by atoms with E-state index in [1.54, 1.807) is 24.3 Å². The summed E-state index contributed by atoms with van der Waals surface area (Å²) >= 11 is 1.46. The lowest BCUT2D eigenvalue weighted by Gasteiger charge is -2.16. The first-order valence-corrected chi connectivity index (χ1v) is 6.53. The van der Waals surface area contributed by atoms with Crippen molar-refractivity contribution < 1.29 is 4.79 Å². The number of hydrogen-bond acceptors (Lipinski definition) is 4. The molecule has 1 aromatic rings. The van der Waals surface area contributed by atoms with E-state index in [0.717, 1.165) is 19.4 Å². The van der Waals surface area contributed by atoms with Gasteiger partial charge in [-0.05, 0) is 12.7 Å². The number of thioether (sulfide) groups is 1. The minimum Gasteiger partial charge on any atom is -0.342 e. The van der Waals surface area contributed by atoms with Crippen molar-refractivity contribution in [3.8, 4) is 0 Å². The number of carbonyl (C=O) groups is 1. The Labute approximate surface area is 100 Å². The molecule has 0 saturated heterocycles. The summed E-state index contributed by atoms with van der Waals surface area (Å²) in [7, 11) is 1.81. The van der Waals surface area contributed by atoms with E-state index in [-0.39, 0.29) is 5.91 Å². The largest absolute Gasteiger partial charge is 0.342 e. The number of aromatic nitrogens is 2. The fourth-order valence-corrected chi connectivity index (χ4v) is 1.57. The van der Waals surface area contributed by atoms with E-state index < -0.39 is 0 Å². The lowest BCUT2D eigenvalue weighted by Crippen LogP contribution is -2.27. The molecule has 0 atom stereocenters. The fraction of sp³-hybridized carbons (Fsp3) is 0.545. The van der Waals surface area contributed by atoms with Gasteiger partial charge < -0.3 is 4.90 Å². The number of amides is 1. The minimum atomic E-state index is -0.0129. The van der Waals surface area contributed by atoms with Gasteiger partial charge in [-0.1, -0.05) is 25.1 Å². The van der Waals surface area contributed by atoms with Crippen LogP contribution in [-0.4, -0.2) is 40.6 Å². The van der Waals surface area contributed by atoms with Crippen LogP contribution in [-0.2, 0) is 0 Å². The molecule has 88 valence electrons. The highest BCUT2D eigenvalue weighted by Crippen LogP contribution is 2.08. The molecule has 0 spiro atoms. The zero-order valence-corrected chi connectivity index (χ0v) is 10.8. The van der Waals surface area contributed by atoms with Gasteiger partial charge in [-0.3, -0.25) is 4.79 Å². The van der Waals surface area contributed by atoms with Crippen molar-refractivity contribution in [2.45, 2.75) is 24.9 Å². The highest BCUT2D eigenvalue weighted by atomic mass is 32.2. The van der Waals surface area contributed by atoms with E-state index in [2.05, 4.69) is 16.9 Å². The molecule has 0 unspecified atom stereocenters. The molecule has 1 aromatic heterocycles. The maximum Gasteiger partial charge on any atom is 0.256 e. The van der Waals surface area contributed by atoms with E-state index in [4.69, 9.17) is 0 Å². The molecule has 0 aliphatic rings. The van der Waals surface area contributed by atoms with Crippen LogP contribution in [0.1, 0.15) is 30.1 Å². The Morgan fingerprint density at radius 1 is 1.44 bits per heavy atom. The van der Waals surface area contributed by atoms with Gasteiger partial charge in [0.1, 0.15) is 0 Å². The zero-order chi connectivity index (χ0) is 12.0. The lowest BCUT2D eigenvalue weighted by atomic mass is 10.2. The molecule has 1 amide bonds. The predicted octanol–water partition coefficient (Wildman–Crippen LogP) is 2.07. The topological polar surface area (TPSA) is 46.1 Å². The monoisotopic (exact) mass is 239 g/mol. The van der Waals surface area contributed by atoms with Crippen LogP contribution < -0.4 is 0 Å². The first-order valence-electron chi connectivity index (χ1n) is 5.30. The average molecular weight is 239 g/mol. The van der Waals surface area contributed by atoms with Crippen molar-refractivity contribution in [3.63, 3.8) is 0 Å². The maximum absolute atomic E-state index is 11.9. The maximum atomic E-state index is 11.9. The Hall–Kier alpha value is -1.10. The van der Waals surface area contributed by atoms with Crippen molar-refractivity contribution in [2.75, 3.05) is 19.8 Å². The lowest BCUT2D eigenvalue weighted by molar-refractivity contribution is 0.0792. The van der Waals surface area contributed by atoms with Gasteiger partial charge in [-0.2, -0.15) is 0 Å². The van der Waals surface area contributed by atoms with Crippen LogP contribution in [0.3, 0.4) is 0 Å². The van der Waals surface area contributed by atoms with Crippen molar-refractivity contribution in [2.24, 2.45) is 0 Å². The normalized spacial score (nSPS) is 10.2. The molecule has 0 radical (unpaired) electrons. The van der Waals surface area contributed by atoms with Crippen LogP contribution >= 0.6 is 11.8 Å². The molecule has 16 heavy (non-hydrogen) atoms. The number of carbonyl (C=O) groups excluding carboxylic acids is 1. The van der Waals surface area contributed by atoms with E-state index in [1.807, 2.05) is 6.26 Å². The first-order chi connectivity index (χ1) is 7.69. The first kappa shape index (κ1) is 13.0. The summed E-state index contributed by atoms with van der Waals surface area (Å²) < 4.78 is 0. The molecule has 0 fully saturated rings. The molecule has 1 heterocycles. The van der Waals surface area contributed by atoms with Crippen LogP contribution in [0.4, 0.5) is 0 Å². The average Bonchev–Trinajstić information content (AvgIpc) is 2.35. The van der Waals surface area contributed by atoms with E-state index >= 15 is 0 Å². The van der Waals surface area contributed by atoms with Crippen molar-refractivity contribution in [1.82, 2.24) is 14.9 Å². The Bertz CT molecular complexity index is 340. The second-order valence-corrected chi connectivity index (χ2v) is 4.31. The van der Waals surface area contributed by atoms with Gasteiger partial charge in [0.25, 0.3) is 5.91 Å². The number of nitrogens with zero attached hydrogens (tertiary/aromatic N) is 3. The third kappa shape index (κ3) is 3.48. The van der Waals surface area contributed by atoms with Crippen molar-refractivity contribution in [3.05, 3.63) is 18.0 Å². The molecule has 0 saturated carbocycles. The predicted molar refractivity (Wildman–Crippen MR) is 65.7 cm³/mol. The molecular formula is C11H17N3OS. The summed E-state index contributed by atoms with van der Waals surface area (Å²) in [5, 5.41) is 0.688. The summed E-state index contributed by atoms with van der Waals surface area (Å²) in [5.41, 5.74) is 0.552. The van der Waals surface area contributed by atoms with Gasteiger partial charge in [-0.15, -0.1) is 0 Å². The highest BCUT2D eigenvalue weighted by molar-refractivity contribution is 7.98. The molecule has 0 aliphatic heterocycles. The molecule has 5 heteroatoms. The van der Waals surface area contributed by atoms with E-state index in [1.165, 1.54) is 11.8 Å². The Morgan fingerprint density at radius 3 is 2.56 bits per heavy atom. The fourth-order valence-electron chi connectivity index (χ4n) is 1.25. The number of rotatable bonds is 5. The summed E-state index contributed by atoms with van der Waals surface area (Å²) in [4.78, 5) is 21.8. The zero-order valence-electron chi connectivity index (χ0n) is 9.93. The van der Waals surface area contributed by atoms with Crippen LogP contribution in [0.15, 0.2) is 17.6 Å². The van der Waals surface area contributed by atoms with Crippen molar-refractivity contribution in [1.29, 1.82) is 0 Å². The third-order valence-corrected chi connectivity index (χ3v) is 2.83. The van der Waals surface area contributed by atoms with Crippen LogP contribution in [0.2, 0.25) is 0 Å². The number of unbranched alkanes of at least 4 members (excludes halogenated alkanes) is 1. The SMILES string of the molecule is CCCCN(C)C(=O)c1cnc(SC)nc1. The van der Waals surface area contributed by atoms with Gasteiger partial charge in [0, 0.05) is 26.0 Å². The van der Waals surface area contributed by atoms with Crippen LogP contribution in [0, 0.1) is 0 Å². The summed E-state index contributed by atoms with van der Waals surface area (Å²) in [6.45, 7) is 2.88. The standard InChI is InChI=1S/C11H17N3OS/c1-4-5-6-14(2)10(15)9-7-12-11(16-3)13-8-9/h7-8H,4-6H2,1-3H3. The second kappa shape index (κ2) is 6.48. The van der Waals surface area contributed by atoms with E-state index in [0.29, 0.717) is 10.7 Å². The summed E-state index contributed by atoms with van der Waals surface area (Å²) in [6, 6.07) is 0. The van der Waals surface area contributed by atoms with Gasteiger partial charge in [-0.25, -0.2) is 9.97 Å². The quantitative estimate of drug-likeness (QED) is 0.583. The van der Waals surface area contributed by atoms with Crippen LogP contribution in [0.5, 0.6) is 0 Å². The summed E-state index contributed by atoms with van der Waals surface area (Å²) in [5.74, 6) is -0.0129. The van der Waals surface area contributed by atoms with Gasteiger partial charge >= 0.3 is 0 Å². The van der Waals surface area contributed by atoms with Crippen molar-refractivity contribution >= 4 is 17.7 Å². The third-order valence-electron chi connectivity index (χ3n) is 2.25. The molecule has 0 bridgehead atoms. The number of hydrogen-bond donors (Lipinski definition) is 0. The van der Waals surface area contributed by atoms with Crippen LogP contribution in [0.25, 0.3) is 0 Å². The Balaban J connectivity index is 2.64. The van der Waals surface area contributed by atoms with Gasteiger partial charge in [0.2, 0.25) is 0 Å². The summed E-state index contributed by atoms with van der Waals surface area (Å²) in [6.07, 6.45) is 7.18.